The Balaban J connectivity index is 1.71. The summed E-state index contributed by atoms with van der Waals surface area (Å²) in [7, 11) is 0. The van der Waals surface area contributed by atoms with Crippen molar-refractivity contribution in [1.82, 2.24) is 10.6 Å². The van der Waals surface area contributed by atoms with Gasteiger partial charge in [-0.1, -0.05) is 78.9 Å². The lowest BCUT2D eigenvalue weighted by Gasteiger charge is -2.27. The van der Waals surface area contributed by atoms with Crippen LogP contribution in [-0.2, 0) is 11.2 Å². The van der Waals surface area contributed by atoms with Crippen molar-refractivity contribution in [2.24, 2.45) is 5.73 Å². The van der Waals surface area contributed by atoms with Gasteiger partial charge >= 0.3 is 0 Å². The Hall–Kier alpha value is -3.44. The van der Waals surface area contributed by atoms with Crippen LogP contribution in [0.4, 0.5) is 0 Å². The molecule has 5 nitrogen and oxygen atoms in total. The number of amides is 2. The number of primary amides is 1. The lowest BCUT2D eigenvalue weighted by Crippen LogP contribution is -2.52. The third-order valence-corrected chi connectivity index (χ3v) is 4.97. The van der Waals surface area contributed by atoms with Crippen LogP contribution in [-0.4, -0.2) is 24.4 Å². The largest absolute Gasteiger partial charge is 0.368 e. The van der Waals surface area contributed by atoms with Crippen LogP contribution in [0.3, 0.4) is 0 Å². The molecule has 2 atom stereocenters. The van der Waals surface area contributed by atoms with E-state index in [9.17, 15) is 9.59 Å². The normalized spacial score (nSPS) is 12.7. The summed E-state index contributed by atoms with van der Waals surface area (Å²) in [5, 5.41) is 6.24. The van der Waals surface area contributed by atoms with Gasteiger partial charge in [0.1, 0.15) is 6.04 Å². The molecule has 3 aromatic carbocycles. The minimum atomic E-state index is -0.878. The molecule has 30 heavy (non-hydrogen) atoms. The zero-order chi connectivity index (χ0) is 21.2. The van der Waals surface area contributed by atoms with Gasteiger partial charge in [-0.2, -0.15) is 0 Å². The molecular formula is C25H27N3O2. The van der Waals surface area contributed by atoms with Crippen molar-refractivity contribution in [3.8, 4) is 0 Å². The average molecular weight is 402 g/mol. The van der Waals surface area contributed by atoms with Crippen molar-refractivity contribution >= 4 is 11.8 Å². The fraction of sp³-hybridized carbons (Fsp3) is 0.200. The van der Waals surface area contributed by atoms with E-state index in [0.29, 0.717) is 12.1 Å². The average Bonchev–Trinajstić information content (AvgIpc) is 2.79. The Morgan fingerprint density at radius 3 is 1.97 bits per heavy atom. The Morgan fingerprint density at radius 1 is 0.800 bits per heavy atom. The number of nitrogens with two attached hydrogens (primary N) is 1. The number of carbonyl (C=O) groups is 2. The van der Waals surface area contributed by atoms with Gasteiger partial charge in [0.05, 0.1) is 6.04 Å². The highest BCUT2D eigenvalue weighted by atomic mass is 16.2. The van der Waals surface area contributed by atoms with Crippen LogP contribution >= 0.6 is 0 Å². The second-order valence-corrected chi connectivity index (χ2v) is 7.15. The van der Waals surface area contributed by atoms with Crippen molar-refractivity contribution in [2.75, 3.05) is 6.54 Å². The zero-order valence-electron chi connectivity index (χ0n) is 16.8. The second kappa shape index (κ2) is 10.9. The molecule has 0 aliphatic carbocycles. The molecule has 154 valence electrons. The van der Waals surface area contributed by atoms with Crippen LogP contribution in [0.25, 0.3) is 0 Å². The number of aryl methyl sites for hydroxylation is 1. The third kappa shape index (κ3) is 6.03. The highest BCUT2D eigenvalue weighted by Crippen LogP contribution is 2.18. The number of rotatable bonds is 10. The maximum atomic E-state index is 12.7. The molecule has 5 heteroatoms. The molecule has 0 fully saturated rings. The van der Waals surface area contributed by atoms with Gasteiger partial charge in [0.25, 0.3) is 5.91 Å². The summed E-state index contributed by atoms with van der Waals surface area (Å²) in [6.07, 6.45) is 1.82. The molecule has 0 spiro atoms. The first-order valence-corrected chi connectivity index (χ1v) is 10.1. The number of hydrogen-bond donors (Lipinski definition) is 3. The van der Waals surface area contributed by atoms with Gasteiger partial charge in [0.15, 0.2) is 0 Å². The van der Waals surface area contributed by atoms with E-state index in [1.165, 1.54) is 5.56 Å². The predicted molar refractivity (Wildman–Crippen MR) is 119 cm³/mol. The number of nitrogens with one attached hydrogen (secondary N) is 2. The topological polar surface area (TPSA) is 84.2 Å². The quantitative estimate of drug-likeness (QED) is 0.456. The summed E-state index contributed by atoms with van der Waals surface area (Å²) in [4.78, 5) is 25.0. The van der Waals surface area contributed by atoms with Crippen molar-refractivity contribution < 1.29 is 9.59 Å². The van der Waals surface area contributed by atoms with Gasteiger partial charge in [0, 0.05) is 5.56 Å². The van der Waals surface area contributed by atoms with Crippen molar-refractivity contribution in [3.05, 3.63) is 108 Å². The molecule has 0 saturated carbocycles. The molecular weight excluding hydrogens is 374 g/mol. The van der Waals surface area contributed by atoms with E-state index in [-0.39, 0.29) is 5.91 Å². The number of hydrogen-bond acceptors (Lipinski definition) is 3. The molecule has 4 N–H and O–H groups in total. The van der Waals surface area contributed by atoms with E-state index in [1.54, 1.807) is 24.3 Å². The second-order valence-electron chi connectivity index (χ2n) is 7.15. The predicted octanol–water partition coefficient (Wildman–Crippen LogP) is 3.23. The van der Waals surface area contributed by atoms with Gasteiger partial charge in [-0.05, 0) is 42.6 Å². The van der Waals surface area contributed by atoms with Gasteiger partial charge in [-0.15, -0.1) is 0 Å². The molecule has 0 heterocycles. The van der Waals surface area contributed by atoms with Crippen LogP contribution < -0.4 is 16.4 Å². The summed E-state index contributed by atoms with van der Waals surface area (Å²) in [5.74, 6) is -0.907. The van der Waals surface area contributed by atoms with Crippen molar-refractivity contribution in [3.63, 3.8) is 0 Å². The fourth-order valence-electron chi connectivity index (χ4n) is 3.42. The lowest BCUT2D eigenvalue weighted by atomic mass is 9.97. The van der Waals surface area contributed by atoms with Crippen LogP contribution in [0.5, 0.6) is 0 Å². The maximum Gasteiger partial charge on any atom is 0.251 e. The first kappa shape index (κ1) is 21.3. The van der Waals surface area contributed by atoms with E-state index in [4.69, 9.17) is 5.73 Å². The standard InChI is InChI=1S/C25H27N3O2/c26-24(29)23(28-25(30)21-16-8-3-9-17-21)22(20-14-6-2-7-15-20)27-18-10-13-19-11-4-1-5-12-19/h1-9,11-12,14-17,22-23,27H,10,13,18H2,(H2,26,29)(H,28,30)/t22-,23-/m1/s1. The van der Waals surface area contributed by atoms with Gasteiger partial charge in [-0.3, -0.25) is 9.59 Å². The summed E-state index contributed by atoms with van der Waals surface area (Å²) in [6.45, 7) is 0.680. The molecule has 3 aromatic rings. The molecule has 0 unspecified atom stereocenters. The Labute approximate surface area is 177 Å². The van der Waals surface area contributed by atoms with Gasteiger partial charge < -0.3 is 16.4 Å². The third-order valence-electron chi connectivity index (χ3n) is 4.97. The monoisotopic (exact) mass is 401 g/mol. The minimum Gasteiger partial charge on any atom is -0.368 e. The number of carbonyl (C=O) groups excluding carboxylic acids is 2. The molecule has 0 aliphatic heterocycles. The Bertz CT molecular complexity index is 930. The van der Waals surface area contributed by atoms with Crippen LogP contribution in [0.1, 0.15) is 33.9 Å². The molecule has 0 aliphatic rings. The fourth-order valence-corrected chi connectivity index (χ4v) is 3.42. The van der Waals surface area contributed by atoms with Crippen LogP contribution in [0.15, 0.2) is 91.0 Å². The van der Waals surface area contributed by atoms with E-state index in [2.05, 4.69) is 22.8 Å². The van der Waals surface area contributed by atoms with E-state index in [0.717, 1.165) is 18.4 Å². The highest BCUT2D eigenvalue weighted by Gasteiger charge is 2.29. The Kier molecular flexibility index (Phi) is 7.75. The SMILES string of the molecule is NC(=O)[C@H](NC(=O)c1ccccc1)[C@H](NCCCc1ccccc1)c1ccccc1. The van der Waals surface area contributed by atoms with E-state index < -0.39 is 18.0 Å². The van der Waals surface area contributed by atoms with Crippen molar-refractivity contribution in [2.45, 2.75) is 24.9 Å². The Morgan fingerprint density at radius 2 is 1.37 bits per heavy atom. The van der Waals surface area contributed by atoms with Gasteiger partial charge in [-0.25, -0.2) is 0 Å². The molecule has 0 saturated heterocycles. The first-order valence-electron chi connectivity index (χ1n) is 10.1. The summed E-state index contributed by atoms with van der Waals surface area (Å²) < 4.78 is 0. The zero-order valence-corrected chi connectivity index (χ0v) is 16.8. The smallest absolute Gasteiger partial charge is 0.251 e. The van der Waals surface area contributed by atoms with Crippen LogP contribution in [0, 0.1) is 0 Å². The van der Waals surface area contributed by atoms with Crippen LogP contribution in [0.2, 0.25) is 0 Å². The first-order chi connectivity index (χ1) is 14.6. The van der Waals surface area contributed by atoms with E-state index >= 15 is 0 Å². The number of benzene rings is 3. The minimum absolute atomic E-state index is 0.327. The maximum absolute atomic E-state index is 12.7. The summed E-state index contributed by atoms with van der Waals surface area (Å²) in [5.41, 5.74) is 8.35. The molecule has 3 rings (SSSR count). The van der Waals surface area contributed by atoms with Crippen molar-refractivity contribution in [1.29, 1.82) is 0 Å². The van der Waals surface area contributed by atoms with Gasteiger partial charge in [0.2, 0.25) is 5.91 Å². The summed E-state index contributed by atoms with van der Waals surface area (Å²) in [6, 6.07) is 27.4. The van der Waals surface area contributed by atoms with E-state index in [1.807, 2.05) is 54.6 Å². The molecule has 0 bridgehead atoms. The molecule has 0 radical (unpaired) electrons. The summed E-state index contributed by atoms with van der Waals surface area (Å²) >= 11 is 0. The highest BCUT2D eigenvalue weighted by molar-refractivity contribution is 5.97. The lowest BCUT2D eigenvalue weighted by molar-refractivity contribution is -0.120. The molecule has 0 aromatic heterocycles. The molecule has 2 amide bonds.